The van der Waals surface area contributed by atoms with Crippen molar-refractivity contribution in [3.63, 3.8) is 0 Å². The number of hydrogen-bond donors (Lipinski definition) is 1. The molecule has 21 heavy (non-hydrogen) atoms. The number of ether oxygens (including phenoxy) is 2. The Morgan fingerprint density at radius 3 is 2.48 bits per heavy atom. The first-order valence-electron chi connectivity index (χ1n) is 6.48. The van der Waals surface area contributed by atoms with Gasteiger partial charge in [-0.2, -0.15) is 0 Å². The molecule has 0 aliphatic carbocycles. The van der Waals surface area contributed by atoms with Gasteiger partial charge in [0.15, 0.2) is 5.78 Å². The van der Waals surface area contributed by atoms with Crippen LogP contribution in [0.15, 0.2) is 18.3 Å². The summed E-state index contributed by atoms with van der Waals surface area (Å²) in [5.41, 5.74) is 1.24. The first-order chi connectivity index (χ1) is 10.0. The largest absolute Gasteiger partial charge is 0.497 e. The number of aromatic nitrogens is 1. The van der Waals surface area contributed by atoms with Crippen molar-refractivity contribution in [2.75, 3.05) is 21.3 Å². The van der Waals surface area contributed by atoms with Crippen LogP contribution in [0, 0.1) is 0 Å². The SMILES string of the molecule is CNC(=O)Cn1cc(C(C)=O)c2c(OC)cc(OC)cc21. The maximum Gasteiger partial charge on any atom is 0.239 e. The van der Waals surface area contributed by atoms with Crippen LogP contribution in [0.2, 0.25) is 0 Å². The molecular formula is C15H18N2O4. The molecule has 112 valence electrons. The summed E-state index contributed by atoms with van der Waals surface area (Å²) in [6, 6.07) is 3.51. The second-order valence-corrected chi connectivity index (χ2v) is 4.62. The number of nitrogens with zero attached hydrogens (tertiary/aromatic N) is 1. The van der Waals surface area contributed by atoms with E-state index < -0.39 is 0 Å². The Kier molecular flexibility index (Phi) is 4.16. The zero-order chi connectivity index (χ0) is 15.6. The van der Waals surface area contributed by atoms with E-state index in [0.717, 1.165) is 5.52 Å². The first-order valence-corrected chi connectivity index (χ1v) is 6.48. The van der Waals surface area contributed by atoms with Crippen LogP contribution in [0.4, 0.5) is 0 Å². The molecule has 1 heterocycles. The third-order valence-electron chi connectivity index (χ3n) is 3.35. The van der Waals surface area contributed by atoms with Crippen LogP contribution < -0.4 is 14.8 Å². The number of rotatable bonds is 5. The van der Waals surface area contributed by atoms with Crippen LogP contribution in [0.3, 0.4) is 0 Å². The molecule has 2 rings (SSSR count). The van der Waals surface area contributed by atoms with E-state index in [1.807, 2.05) is 0 Å². The van der Waals surface area contributed by atoms with Crippen molar-refractivity contribution in [1.82, 2.24) is 9.88 Å². The molecule has 0 saturated carbocycles. The second-order valence-electron chi connectivity index (χ2n) is 4.62. The summed E-state index contributed by atoms with van der Waals surface area (Å²) in [7, 11) is 4.66. The summed E-state index contributed by atoms with van der Waals surface area (Å²) >= 11 is 0. The van der Waals surface area contributed by atoms with E-state index in [1.54, 1.807) is 37.1 Å². The van der Waals surface area contributed by atoms with E-state index in [2.05, 4.69) is 5.32 Å². The molecule has 1 N–H and O–H groups in total. The van der Waals surface area contributed by atoms with E-state index in [0.29, 0.717) is 22.4 Å². The number of likely N-dealkylation sites (N-methyl/N-ethyl adjacent to an activating group) is 1. The van der Waals surface area contributed by atoms with Crippen LogP contribution in [-0.2, 0) is 11.3 Å². The number of hydrogen-bond acceptors (Lipinski definition) is 4. The number of amides is 1. The van der Waals surface area contributed by atoms with Gasteiger partial charge in [0, 0.05) is 30.9 Å². The van der Waals surface area contributed by atoms with Crippen LogP contribution >= 0.6 is 0 Å². The maximum absolute atomic E-state index is 11.8. The maximum atomic E-state index is 11.8. The molecule has 1 aromatic carbocycles. The molecule has 6 heteroatoms. The molecule has 0 aliphatic rings. The number of carbonyl (C=O) groups excluding carboxylic acids is 2. The second kappa shape index (κ2) is 5.87. The fraction of sp³-hybridized carbons (Fsp3) is 0.333. The summed E-state index contributed by atoms with van der Waals surface area (Å²) < 4.78 is 12.3. The van der Waals surface area contributed by atoms with Gasteiger partial charge in [-0.05, 0) is 6.92 Å². The third-order valence-corrected chi connectivity index (χ3v) is 3.35. The number of nitrogens with one attached hydrogen (secondary N) is 1. The third kappa shape index (κ3) is 2.69. The fourth-order valence-corrected chi connectivity index (χ4v) is 2.27. The molecule has 1 aromatic heterocycles. The molecule has 0 aliphatic heterocycles. The van der Waals surface area contributed by atoms with Crippen molar-refractivity contribution in [3.05, 3.63) is 23.9 Å². The van der Waals surface area contributed by atoms with Crippen molar-refractivity contribution in [2.45, 2.75) is 13.5 Å². The van der Waals surface area contributed by atoms with Gasteiger partial charge in [0.1, 0.15) is 18.0 Å². The van der Waals surface area contributed by atoms with Crippen LogP contribution in [0.1, 0.15) is 17.3 Å². The predicted molar refractivity (Wildman–Crippen MR) is 79.1 cm³/mol. The topological polar surface area (TPSA) is 69.6 Å². The lowest BCUT2D eigenvalue weighted by Gasteiger charge is -2.09. The molecule has 0 fully saturated rings. The molecule has 0 bridgehead atoms. The van der Waals surface area contributed by atoms with Crippen molar-refractivity contribution in [1.29, 1.82) is 0 Å². The standard InChI is InChI=1S/C15H18N2O4/c1-9(18)11-7-17(8-14(19)16-2)12-5-10(20-3)6-13(21-4)15(11)12/h5-7H,8H2,1-4H3,(H,16,19). The summed E-state index contributed by atoms with van der Waals surface area (Å²) in [5.74, 6) is 0.916. The average Bonchev–Trinajstić information content (AvgIpc) is 2.85. The number of benzene rings is 1. The van der Waals surface area contributed by atoms with Gasteiger partial charge in [0.2, 0.25) is 5.91 Å². The Balaban J connectivity index is 2.74. The van der Waals surface area contributed by atoms with Gasteiger partial charge in [-0.3, -0.25) is 9.59 Å². The van der Waals surface area contributed by atoms with E-state index in [1.165, 1.54) is 14.0 Å². The molecule has 0 saturated heterocycles. The van der Waals surface area contributed by atoms with E-state index in [4.69, 9.17) is 9.47 Å². The monoisotopic (exact) mass is 290 g/mol. The average molecular weight is 290 g/mol. The number of fused-ring (bicyclic) bond motifs is 1. The van der Waals surface area contributed by atoms with Gasteiger partial charge >= 0.3 is 0 Å². The van der Waals surface area contributed by atoms with E-state index in [-0.39, 0.29) is 18.2 Å². The number of Topliss-reactive ketones (excluding diaryl/α,β-unsaturated/α-hetero) is 1. The molecule has 1 amide bonds. The molecule has 2 aromatic rings. The first kappa shape index (κ1) is 14.9. The zero-order valence-corrected chi connectivity index (χ0v) is 12.5. The highest BCUT2D eigenvalue weighted by Crippen LogP contribution is 2.35. The lowest BCUT2D eigenvalue weighted by molar-refractivity contribution is -0.121. The smallest absolute Gasteiger partial charge is 0.239 e. The highest BCUT2D eigenvalue weighted by atomic mass is 16.5. The Bertz CT molecular complexity index is 703. The Hall–Kier alpha value is -2.50. The molecule has 0 unspecified atom stereocenters. The molecule has 0 radical (unpaired) electrons. The van der Waals surface area contributed by atoms with E-state index in [9.17, 15) is 9.59 Å². The molecule has 6 nitrogen and oxygen atoms in total. The Morgan fingerprint density at radius 2 is 1.95 bits per heavy atom. The highest BCUT2D eigenvalue weighted by Gasteiger charge is 2.18. The molecular weight excluding hydrogens is 272 g/mol. The minimum atomic E-state index is -0.149. The van der Waals surface area contributed by atoms with Gasteiger partial charge in [-0.1, -0.05) is 0 Å². The van der Waals surface area contributed by atoms with Crippen molar-refractivity contribution in [2.24, 2.45) is 0 Å². The van der Waals surface area contributed by atoms with Gasteiger partial charge in [0.05, 0.1) is 25.1 Å². The lowest BCUT2D eigenvalue weighted by Crippen LogP contribution is -2.23. The number of ketones is 1. The summed E-state index contributed by atoms with van der Waals surface area (Å²) in [6.07, 6.45) is 1.67. The predicted octanol–water partition coefficient (Wildman–Crippen LogP) is 1.61. The van der Waals surface area contributed by atoms with Crippen LogP contribution in [0.5, 0.6) is 11.5 Å². The highest BCUT2D eigenvalue weighted by molar-refractivity contribution is 6.09. The van der Waals surface area contributed by atoms with Crippen LogP contribution in [-0.4, -0.2) is 37.5 Å². The van der Waals surface area contributed by atoms with E-state index >= 15 is 0 Å². The Morgan fingerprint density at radius 1 is 1.24 bits per heavy atom. The van der Waals surface area contributed by atoms with Gasteiger partial charge in [-0.25, -0.2) is 0 Å². The number of methoxy groups -OCH3 is 2. The zero-order valence-electron chi connectivity index (χ0n) is 12.5. The van der Waals surface area contributed by atoms with Gasteiger partial charge in [0.25, 0.3) is 0 Å². The Labute approximate surface area is 122 Å². The quantitative estimate of drug-likeness (QED) is 0.849. The van der Waals surface area contributed by atoms with Gasteiger partial charge in [-0.15, -0.1) is 0 Å². The summed E-state index contributed by atoms with van der Waals surface area (Å²) in [4.78, 5) is 23.5. The number of carbonyl (C=O) groups is 2. The molecule has 0 atom stereocenters. The van der Waals surface area contributed by atoms with Crippen molar-refractivity contribution in [3.8, 4) is 11.5 Å². The van der Waals surface area contributed by atoms with Crippen LogP contribution in [0.25, 0.3) is 10.9 Å². The summed E-state index contributed by atoms with van der Waals surface area (Å²) in [6.45, 7) is 1.61. The minimum Gasteiger partial charge on any atom is -0.497 e. The summed E-state index contributed by atoms with van der Waals surface area (Å²) in [5, 5.41) is 3.26. The normalized spacial score (nSPS) is 10.5. The van der Waals surface area contributed by atoms with Gasteiger partial charge < -0.3 is 19.4 Å². The van der Waals surface area contributed by atoms with Crippen molar-refractivity contribution < 1.29 is 19.1 Å². The minimum absolute atomic E-state index is 0.0841. The lowest BCUT2D eigenvalue weighted by atomic mass is 10.1. The fourth-order valence-electron chi connectivity index (χ4n) is 2.27. The molecule has 0 spiro atoms. The van der Waals surface area contributed by atoms with Crippen molar-refractivity contribution >= 4 is 22.6 Å².